The third-order valence-corrected chi connectivity index (χ3v) is 5.09. The Morgan fingerprint density at radius 1 is 1.38 bits per heavy atom. The molecule has 0 spiro atoms. The topological polar surface area (TPSA) is 99.2 Å². The normalized spacial score (nSPS) is 12.0. The van der Waals surface area contributed by atoms with Crippen LogP contribution in [0.25, 0.3) is 0 Å². The van der Waals surface area contributed by atoms with Gasteiger partial charge in [0.1, 0.15) is 0 Å². The number of likely N-dealkylation sites (N-methyl/N-ethyl adjacent to an activating group) is 1. The molecule has 0 fully saturated rings. The van der Waals surface area contributed by atoms with Gasteiger partial charge in [0, 0.05) is 43.2 Å². The lowest BCUT2D eigenvalue weighted by Gasteiger charge is -2.16. The molecule has 2 heterocycles. The van der Waals surface area contributed by atoms with Crippen LogP contribution in [0.5, 0.6) is 0 Å². The van der Waals surface area contributed by atoms with Crippen molar-refractivity contribution in [1.29, 1.82) is 0 Å². The highest BCUT2D eigenvalue weighted by Crippen LogP contribution is 2.19. The second-order valence-electron chi connectivity index (χ2n) is 4.69. The Morgan fingerprint density at radius 2 is 2.14 bits per heavy atom. The first-order valence-electron chi connectivity index (χ1n) is 6.47. The number of aromatic amines is 1. The fourth-order valence-corrected chi connectivity index (χ4v) is 3.23. The van der Waals surface area contributed by atoms with Crippen LogP contribution in [-0.2, 0) is 23.1 Å². The number of nitrogens with zero attached hydrogens (tertiary/aromatic N) is 3. The van der Waals surface area contributed by atoms with E-state index in [1.165, 1.54) is 11.4 Å². The third-order valence-electron chi connectivity index (χ3n) is 3.26. The van der Waals surface area contributed by atoms with E-state index in [0.29, 0.717) is 17.7 Å². The van der Waals surface area contributed by atoms with Crippen molar-refractivity contribution in [2.75, 3.05) is 13.6 Å². The minimum Gasteiger partial charge on any atom is -0.392 e. The lowest BCUT2D eigenvalue weighted by atomic mass is 10.3. The van der Waals surface area contributed by atoms with Crippen LogP contribution in [0.3, 0.4) is 0 Å². The number of pyridine rings is 1. The highest BCUT2D eigenvalue weighted by Gasteiger charge is 2.27. The molecule has 21 heavy (non-hydrogen) atoms. The maximum atomic E-state index is 12.5. The molecule has 0 saturated carbocycles. The van der Waals surface area contributed by atoms with Crippen molar-refractivity contribution in [1.82, 2.24) is 19.5 Å². The zero-order valence-corrected chi connectivity index (χ0v) is 12.8. The Labute approximate surface area is 123 Å². The zero-order chi connectivity index (χ0) is 15.5. The van der Waals surface area contributed by atoms with Crippen molar-refractivity contribution in [3.63, 3.8) is 0 Å². The van der Waals surface area contributed by atoms with Crippen LogP contribution in [0.1, 0.15) is 17.0 Å². The predicted molar refractivity (Wildman–Crippen MR) is 77.0 cm³/mol. The van der Waals surface area contributed by atoms with Gasteiger partial charge in [-0.3, -0.25) is 10.1 Å². The Hall–Kier alpha value is -1.77. The van der Waals surface area contributed by atoms with E-state index < -0.39 is 10.0 Å². The van der Waals surface area contributed by atoms with Gasteiger partial charge in [-0.1, -0.05) is 6.07 Å². The van der Waals surface area contributed by atoms with Crippen molar-refractivity contribution >= 4 is 10.0 Å². The fraction of sp³-hybridized carbons (Fsp3) is 0.385. The molecule has 7 nitrogen and oxygen atoms in total. The molecule has 0 radical (unpaired) electrons. The number of aliphatic hydroxyl groups is 1. The van der Waals surface area contributed by atoms with Crippen molar-refractivity contribution in [3.8, 4) is 0 Å². The monoisotopic (exact) mass is 310 g/mol. The number of nitrogens with one attached hydrogen (secondary N) is 1. The molecule has 2 aromatic heterocycles. The van der Waals surface area contributed by atoms with E-state index in [0.717, 1.165) is 5.69 Å². The quantitative estimate of drug-likeness (QED) is 0.808. The van der Waals surface area contributed by atoms with Crippen LogP contribution in [0, 0.1) is 6.92 Å². The van der Waals surface area contributed by atoms with Crippen LogP contribution >= 0.6 is 0 Å². The second kappa shape index (κ2) is 6.33. The molecule has 0 aromatic carbocycles. The van der Waals surface area contributed by atoms with Gasteiger partial charge in [-0.25, -0.2) is 8.42 Å². The first kappa shape index (κ1) is 15.6. The molecule has 114 valence electrons. The molecule has 0 unspecified atom stereocenters. The summed E-state index contributed by atoms with van der Waals surface area (Å²) in [6.45, 7) is 1.59. The van der Waals surface area contributed by atoms with Gasteiger partial charge in [-0.05, 0) is 19.1 Å². The Kier molecular flexibility index (Phi) is 4.71. The summed E-state index contributed by atoms with van der Waals surface area (Å²) >= 11 is 0. The lowest BCUT2D eigenvalue weighted by molar-refractivity contribution is 0.277. The van der Waals surface area contributed by atoms with Crippen LogP contribution < -0.4 is 0 Å². The van der Waals surface area contributed by atoms with Gasteiger partial charge in [0.15, 0.2) is 5.03 Å². The Morgan fingerprint density at radius 3 is 2.76 bits per heavy atom. The molecule has 0 aliphatic rings. The van der Waals surface area contributed by atoms with Gasteiger partial charge < -0.3 is 5.11 Å². The lowest BCUT2D eigenvalue weighted by Crippen LogP contribution is -2.30. The van der Waals surface area contributed by atoms with Crippen molar-refractivity contribution < 1.29 is 13.5 Å². The van der Waals surface area contributed by atoms with Crippen LogP contribution in [-0.4, -0.2) is 46.6 Å². The van der Waals surface area contributed by atoms with Gasteiger partial charge in [0.05, 0.1) is 6.61 Å². The molecule has 0 atom stereocenters. The van der Waals surface area contributed by atoms with Gasteiger partial charge in [-0.15, -0.1) is 0 Å². The zero-order valence-electron chi connectivity index (χ0n) is 11.9. The first-order valence-corrected chi connectivity index (χ1v) is 7.91. The molecule has 2 rings (SSSR count). The summed E-state index contributed by atoms with van der Waals surface area (Å²) in [5.74, 6) is 0. The van der Waals surface area contributed by atoms with E-state index >= 15 is 0 Å². The largest absolute Gasteiger partial charge is 0.392 e. The number of hydrogen-bond acceptors (Lipinski definition) is 5. The van der Waals surface area contributed by atoms with E-state index in [2.05, 4.69) is 15.2 Å². The summed E-state index contributed by atoms with van der Waals surface area (Å²) in [6, 6.07) is 5.51. The predicted octanol–water partition coefficient (Wildman–Crippen LogP) is 0.469. The van der Waals surface area contributed by atoms with E-state index in [9.17, 15) is 13.5 Å². The second-order valence-corrected chi connectivity index (χ2v) is 6.65. The first-order chi connectivity index (χ1) is 9.96. The third kappa shape index (κ3) is 3.29. The standard InChI is InChI=1S/C13H18N4O3S/c1-10-12(9-18)13(16-15-10)21(19,20)17(2)8-6-11-5-3-4-7-14-11/h3-5,7,18H,6,8-9H2,1-2H3,(H,15,16). The molecule has 0 aliphatic carbocycles. The number of aliphatic hydroxyl groups excluding tert-OH is 1. The summed E-state index contributed by atoms with van der Waals surface area (Å²) in [6.07, 6.45) is 2.18. The number of rotatable bonds is 6. The SMILES string of the molecule is Cc1[nH]nc(S(=O)(=O)N(C)CCc2ccccn2)c1CO. The number of sulfonamides is 1. The molecule has 0 bridgehead atoms. The molecule has 8 heteroatoms. The Bertz CT molecular complexity index is 697. The van der Waals surface area contributed by atoms with Crippen molar-refractivity contribution in [2.24, 2.45) is 0 Å². The van der Waals surface area contributed by atoms with Crippen molar-refractivity contribution in [2.45, 2.75) is 25.0 Å². The van der Waals surface area contributed by atoms with Gasteiger partial charge in [0.25, 0.3) is 10.0 Å². The smallest absolute Gasteiger partial charge is 0.262 e. The van der Waals surface area contributed by atoms with Gasteiger partial charge >= 0.3 is 0 Å². The number of H-pyrrole nitrogens is 1. The molecule has 0 amide bonds. The number of hydrogen-bond donors (Lipinski definition) is 2. The average molecular weight is 310 g/mol. The highest BCUT2D eigenvalue weighted by atomic mass is 32.2. The van der Waals surface area contributed by atoms with E-state index in [4.69, 9.17) is 0 Å². The maximum absolute atomic E-state index is 12.5. The molecular formula is C13H18N4O3S. The average Bonchev–Trinajstić information content (AvgIpc) is 2.87. The highest BCUT2D eigenvalue weighted by molar-refractivity contribution is 7.89. The molecular weight excluding hydrogens is 292 g/mol. The molecule has 0 aliphatic heterocycles. The molecule has 2 N–H and O–H groups in total. The van der Waals surface area contributed by atoms with Gasteiger partial charge in [-0.2, -0.15) is 9.40 Å². The van der Waals surface area contributed by atoms with Crippen LogP contribution in [0.2, 0.25) is 0 Å². The van der Waals surface area contributed by atoms with E-state index in [1.54, 1.807) is 13.1 Å². The fourth-order valence-electron chi connectivity index (χ4n) is 1.92. The van der Waals surface area contributed by atoms with E-state index in [1.807, 2.05) is 18.2 Å². The summed E-state index contributed by atoms with van der Waals surface area (Å²) in [5, 5.41) is 15.6. The minimum atomic E-state index is -3.73. The van der Waals surface area contributed by atoms with Crippen LogP contribution in [0.15, 0.2) is 29.4 Å². The van der Waals surface area contributed by atoms with Crippen LogP contribution in [0.4, 0.5) is 0 Å². The summed E-state index contributed by atoms with van der Waals surface area (Å²) in [7, 11) is -2.24. The maximum Gasteiger partial charge on any atom is 0.262 e. The molecule has 0 saturated heterocycles. The summed E-state index contributed by atoms with van der Waals surface area (Å²) < 4.78 is 26.1. The number of aryl methyl sites for hydroxylation is 1. The minimum absolute atomic E-state index is 0.119. The molecule has 2 aromatic rings. The van der Waals surface area contributed by atoms with Crippen molar-refractivity contribution in [3.05, 3.63) is 41.3 Å². The number of aromatic nitrogens is 3. The Balaban J connectivity index is 2.15. The summed E-state index contributed by atoms with van der Waals surface area (Å²) in [4.78, 5) is 4.16. The van der Waals surface area contributed by atoms with E-state index in [-0.39, 0.29) is 18.2 Å². The van der Waals surface area contributed by atoms with Gasteiger partial charge in [0.2, 0.25) is 0 Å². The summed E-state index contributed by atoms with van der Waals surface area (Å²) in [5.41, 5.74) is 1.68.